The summed E-state index contributed by atoms with van der Waals surface area (Å²) in [6, 6.07) is 13.0. The molecule has 5 nitrogen and oxygen atoms in total. The van der Waals surface area contributed by atoms with Crippen molar-refractivity contribution in [1.29, 1.82) is 0 Å². The molecule has 1 amide bonds. The Labute approximate surface area is 158 Å². The number of aryl methyl sites for hydroxylation is 2. The molecular weight excluding hydrogens is 343 g/mol. The van der Waals surface area contributed by atoms with Gasteiger partial charge in [-0.2, -0.15) is 5.10 Å². The summed E-state index contributed by atoms with van der Waals surface area (Å²) < 4.78 is 15.8. The second kappa shape index (κ2) is 7.39. The summed E-state index contributed by atoms with van der Waals surface area (Å²) >= 11 is 0. The van der Waals surface area contributed by atoms with Gasteiger partial charge in [-0.1, -0.05) is 23.8 Å². The highest BCUT2D eigenvalue weighted by Crippen LogP contribution is 2.20. The molecule has 1 aliphatic heterocycles. The van der Waals surface area contributed by atoms with Crippen molar-refractivity contribution in [2.24, 2.45) is 0 Å². The Bertz CT molecular complexity index is 960. The van der Waals surface area contributed by atoms with E-state index < -0.39 is 0 Å². The molecule has 0 saturated carbocycles. The lowest BCUT2D eigenvalue weighted by Gasteiger charge is -2.36. The van der Waals surface area contributed by atoms with E-state index in [4.69, 9.17) is 0 Å². The van der Waals surface area contributed by atoms with Crippen LogP contribution in [-0.2, 0) is 11.3 Å². The van der Waals surface area contributed by atoms with E-state index >= 15 is 0 Å². The minimum atomic E-state index is -0.210. The molecule has 2 aromatic carbocycles. The fourth-order valence-electron chi connectivity index (χ4n) is 3.65. The third-order valence-electron chi connectivity index (χ3n) is 5.16. The Hall–Kier alpha value is -2.89. The summed E-state index contributed by atoms with van der Waals surface area (Å²) in [4.78, 5) is 16.5. The lowest BCUT2D eigenvalue weighted by Crippen LogP contribution is -2.49. The van der Waals surface area contributed by atoms with Crippen LogP contribution in [0.5, 0.6) is 0 Å². The van der Waals surface area contributed by atoms with Gasteiger partial charge in [-0.15, -0.1) is 0 Å². The van der Waals surface area contributed by atoms with Gasteiger partial charge in [0, 0.05) is 38.0 Å². The van der Waals surface area contributed by atoms with Crippen LogP contribution in [0.4, 0.5) is 10.1 Å². The van der Waals surface area contributed by atoms with Gasteiger partial charge in [-0.3, -0.25) is 9.48 Å². The first-order valence-electron chi connectivity index (χ1n) is 9.31. The average molecular weight is 366 g/mol. The molecule has 1 fully saturated rings. The fourth-order valence-corrected chi connectivity index (χ4v) is 3.65. The summed E-state index contributed by atoms with van der Waals surface area (Å²) in [6.45, 7) is 5.16. The van der Waals surface area contributed by atoms with Crippen LogP contribution in [0.1, 0.15) is 12.0 Å². The number of anilines is 1. The molecule has 0 radical (unpaired) electrons. The van der Waals surface area contributed by atoms with Crippen LogP contribution in [0.3, 0.4) is 0 Å². The number of nitrogens with zero attached hydrogens (tertiary/aromatic N) is 4. The van der Waals surface area contributed by atoms with Crippen molar-refractivity contribution in [1.82, 2.24) is 14.7 Å². The van der Waals surface area contributed by atoms with Crippen molar-refractivity contribution >= 4 is 22.5 Å². The standard InChI is InChI=1S/C21H23FN4O/c1-16-6-7-19-17(14-16)15-23-26(19)9-8-21(27)25-12-10-24(11-13-25)20-5-3-2-4-18(20)22/h2-7,14-15H,8-13H2,1H3. The molecule has 6 heteroatoms. The molecule has 140 valence electrons. The van der Waals surface area contributed by atoms with E-state index in [-0.39, 0.29) is 11.7 Å². The Morgan fingerprint density at radius 1 is 1.11 bits per heavy atom. The smallest absolute Gasteiger partial charge is 0.224 e. The summed E-state index contributed by atoms with van der Waals surface area (Å²) in [7, 11) is 0. The number of amides is 1. The maximum atomic E-state index is 13.9. The minimum Gasteiger partial charge on any atom is -0.366 e. The molecule has 1 saturated heterocycles. The first-order valence-corrected chi connectivity index (χ1v) is 9.31. The van der Waals surface area contributed by atoms with Gasteiger partial charge >= 0.3 is 0 Å². The first kappa shape index (κ1) is 17.5. The maximum Gasteiger partial charge on any atom is 0.224 e. The largest absolute Gasteiger partial charge is 0.366 e. The number of para-hydroxylation sites is 1. The van der Waals surface area contributed by atoms with Crippen LogP contribution in [0.25, 0.3) is 10.9 Å². The predicted molar refractivity (Wildman–Crippen MR) is 104 cm³/mol. The van der Waals surface area contributed by atoms with E-state index in [2.05, 4.69) is 30.2 Å². The van der Waals surface area contributed by atoms with Crippen LogP contribution in [0.2, 0.25) is 0 Å². The van der Waals surface area contributed by atoms with Crippen molar-refractivity contribution in [3.8, 4) is 0 Å². The number of hydrogen-bond acceptors (Lipinski definition) is 3. The Balaban J connectivity index is 1.34. The zero-order valence-electron chi connectivity index (χ0n) is 15.4. The van der Waals surface area contributed by atoms with Gasteiger partial charge in [0.2, 0.25) is 5.91 Å². The Morgan fingerprint density at radius 3 is 2.67 bits per heavy atom. The zero-order valence-corrected chi connectivity index (χ0v) is 15.4. The van der Waals surface area contributed by atoms with Gasteiger partial charge < -0.3 is 9.80 Å². The summed E-state index contributed by atoms with van der Waals surface area (Å²) in [5, 5.41) is 5.51. The number of rotatable bonds is 4. The van der Waals surface area contributed by atoms with Crippen LogP contribution >= 0.6 is 0 Å². The highest BCUT2D eigenvalue weighted by Gasteiger charge is 2.22. The third-order valence-corrected chi connectivity index (χ3v) is 5.16. The highest BCUT2D eigenvalue weighted by molar-refractivity contribution is 5.80. The number of hydrogen-bond donors (Lipinski definition) is 0. The second-order valence-electron chi connectivity index (χ2n) is 7.00. The molecule has 0 spiro atoms. The first-order chi connectivity index (χ1) is 13.1. The molecule has 4 rings (SSSR count). The molecule has 0 bridgehead atoms. The van der Waals surface area contributed by atoms with E-state index in [9.17, 15) is 9.18 Å². The van der Waals surface area contributed by atoms with Gasteiger partial charge in [0.15, 0.2) is 0 Å². The van der Waals surface area contributed by atoms with Crippen molar-refractivity contribution in [2.75, 3.05) is 31.1 Å². The monoisotopic (exact) mass is 366 g/mol. The molecule has 2 heterocycles. The van der Waals surface area contributed by atoms with Gasteiger partial charge in [-0.05, 0) is 31.2 Å². The van der Waals surface area contributed by atoms with Crippen LogP contribution < -0.4 is 4.90 Å². The molecule has 0 atom stereocenters. The van der Waals surface area contributed by atoms with Crippen LogP contribution in [-0.4, -0.2) is 46.8 Å². The second-order valence-corrected chi connectivity index (χ2v) is 7.00. The summed E-state index contributed by atoms with van der Waals surface area (Å²) in [5.74, 6) is -0.0861. The fraction of sp³-hybridized carbons (Fsp3) is 0.333. The Morgan fingerprint density at radius 2 is 1.89 bits per heavy atom. The van der Waals surface area contributed by atoms with Crippen molar-refractivity contribution in [3.63, 3.8) is 0 Å². The average Bonchev–Trinajstić information content (AvgIpc) is 3.08. The van der Waals surface area contributed by atoms with Gasteiger partial charge in [0.25, 0.3) is 0 Å². The van der Waals surface area contributed by atoms with E-state index in [0.29, 0.717) is 44.8 Å². The molecule has 0 N–H and O–H groups in total. The van der Waals surface area contributed by atoms with E-state index in [1.807, 2.05) is 26.7 Å². The molecule has 1 aliphatic rings. The highest BCUT2D eigenvalue weighted by atomic mass is 19.1. The molecule has 0 aliphatic carbocycles. The number of aromatic nitrogens is 2. The number of carbonyl (C=O) groups is 1. The van der Waals surface area contributed by atoms with Crippen molar-refractivity contribution in [3.05, 3.63) is 60.0 Å². The van der Waals surface area contributed by atoms with E-state index in [0.717, 1.165) is 10.9 Å². The van der Waals surface area contributed by atoms with Crippen LogP contribution in [0, 0.1) is 12.7 Å². The lowest BCUT2D eigenvalue weighted by atomic mass is 10.2. The zero-order chi connectivity index (χ0) is 18.8. The van der Waals surface area contributed by atoms with Crippen molar-refractivity contribution in [2.45, 2.75) is 19.9 Å². The molecule has 3 aromatic rings. The van der Waals surface area contributed by atoms with E-state index in [1.54, 1.807) is 12.1 Å². The quantitative estimate of drug-likeness (QED) is 0.712. The topological polar surface area (TPSA) is 41.4 Å². The maximum absolute atomic E-state index is 13.9. The number of fused-ring (bicyclic) bond motifs is 1. The number of benzene rings is 2. The van der Waals surface area contributed by atoms with Crippen LogP contribution in [0.15, 0.2) is 48.7 Å². The van der Waals surface area contributed by atoms with Crippen molar-refractivity contribution < 1.29 is 9.18 Å². The number of halogens is 1. The lowest BCUT2D eigenvalue weighted by molar-refractivity contribution is -0.131. The molecular formula is C21H23FN4O. The number of carbonyl (C=O) groups excluding carboxylic acids is 1. The third kappa shape index (κ3) is 3.65. The van der Waals surface area contributed by atoms with Gasteiger partial charge in [0.05, 0.1) is 23.9 Å². The number of piperazine rings is 1. The Kier molecular flexibility index (Phi) is 4.79. The summed E-state index contributed by atoms with van der Waals surface area (Å²) in [6.07, 6.45) is 2.27. The predicted octanol–water partition coefficient (Wildman–Crippen LogP) is 3.22. The molecule has 27 heavy (non-hydrogen) atoms. The SMILES string of the molecule is Cc1ccc2c(cnn2CCC(=O)N2CCN(c3ccccc3F)CC2)c1. The van der Waals surface area contributed by atoms with Gasteiger partial charge in [-0.25, -0.2) is 4.39 Å². The molecule has 0 unspecified atom stereocenters. The molecule has 1 aromatic heterocycles. The van der Waals surface area contributed by atoms with Gasteiger partial charge in [0.1, 0.15) is 5.82 Å². The van der Waals surface area contributed by atoms with E-state index in [1.165, 1.54) is 11.6 Å². The summed E-state index contributed by atoms with van der Waals surface area (Å²) in [5.41, 5.74) is 2.87. The normalized spacial score (nSPS) is 14.7. The minimum absolute atomic E-state index is 0.124.